The van der Waals surface area contributed by atoms with Crippen molar-refractivity contribution >= 4 is 40.6 Å². The minimum atomic E-state index is -0.493. The minimum absolute atomic E-state index is 0.134. The van der Waals surface area contributed by atoms with Gasteiger partial charge < -0.3 is 9.47 Å². The highest BCUT2D eigenvalue weighted by Crippen LogP contribution is 2.39. The number of hydrogen-bond acceptors (Lipinski definition) is 5. The zero-order valence-electron chi connectivity index (χ0n) is 17.6. The van der Waals surface area contributed by atoms with Crippen molar-refractivity contribution < 1.29 is 23.5 Å². The molecular formula is C25H19ClFNO4S. The molecule has 33 heavy (non-hydrogen) atoms. The van der Waals surface area contributed by atoms with Crippen molar-refractivity contribution in [2.75, 3.05) is 7.11 Å². The average Bonchev–Trinajstić information content (AvgIpc) is 3.07. The number of amides is 2. The topological polar surface area (TPSA) is 55.8 Å². The van der Waals surface area contributed by atoms with Gasteiger partial charge in [0, 0.05) is 5.56 Å². The van der Waals surface area contributed by atoms with Gasteiger partial charge >= 0.3 is 0 Å². The first-order chi connectivity index (χ1) is 16.0. The van der Waals surface area contributed by atoms with Gasteiger partial charge in [-0.1, -0.05) is 60.1 Å². The number of halogens is 2. The van der Waals surface area contributed by atoms with Crippen molar-refractivity contribution in [2.24, 2.45) is 0 Å². The molecule has 1 saturated heterocycles. The Morgan fingerprint density at radius 1 is 1.06 bits per heavy atom. The lowest BCUT2D eigenvalue weighted by atomic mass is 10.1. The Bertz CT molecular complexity index is 1230. The number of rotatable bonds is 7. The van der Waals surface area contributed by atoms with Crippen LogP contribution < -0.4 is 9.47 Å². The zero-order chi connectivity index (χ0) is 23.4. The van der Waals surface area contributed by atoms with E-state index in [1.807, 2.05) is 30.3 Å². The monoisotopic (exact) mass is 483 g/mol. The molecule has 4 rings (SSSR count). The summed E-state index contributed by atoms with van der Waals surface area (Å²) in [5.41, 5.74) is 1.81. The number of hydrogen-bond donors (Lipinski definition) is 0. The van der Waals surface area contributed by atoms with Gasteiger partial charge in [-0.3, -0.25) is 14.5 Å². The first-order valence-electron chi connectivity index (χ1n) is 9.99. The maximum atomic E-state index is 14.0. The Labute approximate surface area is 199 Å². The van der Waals surface area contributed by atoms with Crippen LogP contribution >= 0.6 is 23.4 Å². The highest BCUT2D eigenvalue weighted by atomic mass is 35.5. The predicted molar refractivity (Wildman–Crippen MR) is 127 cm³/mol. The van der Waals surface area contributed by atoms with E-state index in [-0.39, 0.29) is 17.0 Å². The molecule has 8 heteroatoms. The maximum absolute atomic E-state index is 14.0. The van der Waals surface area contributed by atoms with Gasteiger partial charge in [0.25, 0.3) is 11.1 Å². The van der Waals surface area contributed by atoms with Crippen LogP contribution in [-0.2, 0) is 17.9 Å². The number of thioether (sulfide) groups is 1. The lowest BCUT2D eigenvalue weighted by Gasteiger charge is -2.14. The summed E-state index contributed by atoms with van der Waals surface area (Å²) in [5, 5.41) is -0.155. The van der Waals surface area contributed by atoms with Crippen molar-refractivity contribution in [2.45, 2.75) is 13.2 Å². The highest BCUT2D eigenvalue weighted by molar-refractivity contribution is 8.18. The van der Waals surface area contributed by atoms with E-state index >= 15 is 0 Å². The van der Waals surface area contributed by atoms with Gasteiger partial charge in [-0.2, -0.15) is 0 Å². The normalized spacial score (nSPS) is 14.8. The summed E-state index contributed by atoms with van der Waals surface area (Å²) in [6.07, 6.45) is 1.56. The van der Waals surface area contributed by atoms with E-state index < -0.39 is 17.0 Å². The molecule has 1 heterocycles. The van der Waals surface area contributed by atoms with Crippen LogP contribution in [0.5, 0.6) is 11.5 Å². The standard InChI is InChI=1S/C25H19ClFNO4S/c1-31-21-12-17(11-19(26)23(21)32-15-16-7-3-2-4-8-16)13-22-24(29)28(25(30)33-22)14-18-9-5-6-10-20(18)27/h2-13H,14-15H2,1H3/b22-13-. The van der Waals surface area contributed by atoms with E-state index in [0.29, 0.717) is 28.7 Å². The lowest BCUT2D eigenvalue weighted by molar-refractivity contribution is -0.123. The maximum Gasteiger partial charge on any atom is 0.293 e. The van der Waals surface area contributed by atoms with Gasteiger partial charge in [0.2, 0.25) is 0 Å². The number of nitrogens with zero attached hydrogens (tertiary/aromatic N) is 1. The summed E-state index contributed by atoms with van der Waals surface area (Å²) in [6, 6.07) is 19.0. The molecule has 1 aliphatic heterocycles. The summed E-state index contributed by atoms with van der Waals surface area (Å²) in [6.45, 7) is 0.177. The number of imide groups is 1. The van der Waals surface area contributed by atoms with E-state index in [1.54, 1.807) is 36.4 Å². The Hall–Kier alpha value is -3.29. The summed E-state index contributed by atoms with van der Waals surface area (Å²) in [7, 11) is 1.49. The first-order valence-corrected chi connectivity index (χ1v) is 11.2. The minimum Gasteiger partial charge on any atom is -0.493 e. The van der Waals surface area contributed by atoms with Crippen LogP contribution in [0.15, 0.2) is 71.6 Å². The van der Waals surface area contributed by atoms with Crippen LogP contribution in [0.3, 0.4) is 0 Å². The summed E-state index contributed by atoms with van der Waals surface area (Å²) >= 11 is 7.23. The van der Waals surface area contributed by atoms with Gasteiger partial charge in [-0.25, -0.2) is 4.39 Å². The van der Waals surface area contributed by atoms with Gasteiger partial charge in [-0.05, 0) is 47.2 Å². The molecule has 5 nitrogen and oxygen atoms in total. The van der Waals surface area contributed by atoms with Crippen molar-refractivity contribution in [1.82, 2.24) is 4.90 Å². The molecule has 0 aliphatic carbocycles. The highest BCUT2D eigenvalue weighted by Gasteiger charge is 2.35. The summed E-state index contributed by atoms with van der Waals surface area (Å²) < 4.78 is 25.3. The number of benzene rings is 3. The van der Waals surface area contributed by atoms with Crippen LogP contribution in [0.25, 0.3) is 6.08 Å². The molecule has 1 fully saturated rings. The second-order valence-electron chi connectivity index (χ2n) is 7.17. The molecule has 168 valence electrons. The third-order valence-electron chi connectivity index (χ3n) is 4.94. The number of methoxy groups -OCH3 is 1. The number of ether oxygens (including phenoxy) is 2. The van der Waals surface area contributed by atoms with Crippen LogP contribution in [0.4, 0.5) is 9.18 Å². The Balaban J connectivity index is 1.54. The van der Waals surface area contributed by atoms with E-state index in [0.717, 1.165) is 22.2 Å². The average molecular weight is 484 g/mol. The van der Waals surface area contributed by atoms with Gasteiger partial charge in [0.15, 0.2) is 11.5 Å². The molecule has 3 aromatic carbocycles. The van der Waals surface area contributed by atoms with E-state index in [4.69, 9.17) is 21.1 Å². The molecular weight excluding hydrogens is 465 g/mol. The fourth-order valence-corrected chi connectivity index (χ4v) is 4.39. The molecule has 0 atom stereocenters. The molecule has 0 bridgehead atoms. The van der Waals surface area contributed by atoms with Crippen molar-refractivity contribution in [3.8, 4) is 11.5 Å². The summed E-state index contributed by atoms with van der Waals surface area (Å²) in [4.78, 5) is 26.4. The van der Waals surface area contributed by atoms with Gasteiger partial charge in [0.05, 0.1) is 23.6 Å². The molecule has 0 saturated carbocycles. The Morgan fingerprint density at radius 2 is 1.79 bits per heavy atom. The van der Waals surface area contributed by atoms with Crippen LogP contribution in [-0.4, -0.2) is 23.2 Å². The quantitative estimate of drug-likeness (QED) is 0.369. The fourth-order valence-electron chi connectivity index (χ4n) is 3.28. The molecule has 1 aliphatic rings. The number of carbonyl (C=O) groups excluding carboxylic acids is 2. The van der Waals surface area contributed by atoms with E-state index in [1.165, 1.54) is 13.2 Å². The predicted octanol–water partition coefficient (Wildman–Crippen LogP) is 6.30. The van der Waals surface area contributed by atoms with E-state index in [2.05, 4.69) is 0 Å². The smallest absolute Gasteiger partial charge is 0.293 e. The first kappa shape index (κ1) is 22.9. The SMILES string of the molecule is COc1cc(/C=C2\SC(=O)N(Cc3ccccc3F)C2=O)cc(Cl)c1OCc1ccccc1. The molecule has 0 aromatic heterocycles. The zero-order valence-corrected chi connectivity index (χ0v) is 19.2. The van der Waals surface area contributed by atoms with Crippen LogP contribution in [0, 0.1) is 5.82 Å². The Kier molecular flexibility index (Phi) is 7.01. The third-order valence-corrected chi connectivity index (χ3v) is 6.12. The molecule has 0 N–H and O–H groups in total. The second kappa shape index (κ2) is 10.1. The van der Waals surface area contributed by atoms with Crippen molar-refractivity contribution in [3.05, 3.63) is 99.2 Å². The summed E-state index contributed by atoms with van der Waals surface area (Å²) in [5.74, 6) is -0.182. The van der Waals surface area contributed by atoms with Crippen LogP contribution in [0.1, 0.15) is 16.7 Å². The molecule has 0 radical (unpaired) electrons. The Morgan fingerprint density at radius 3 is 2.52 bits per heavy atom. The van der Waals surface area contributed by atoms with Crippen molar-refractivity contribution in [1.29, 1.82) is 0 Å². The van der Waals surface area contributed by atoms with Crippen molar-refractivity contribution in [3.63, 3.8) is 0 Å². The van der Waals surface area contributed by atoms with E-state index in [9.17, 15) is 14.0 Å². The fraction of sp³-hybridized carbons (Fsp3) is 0.120. The van der Waals surface area contributed by atoms with Crippen LogP contribution in [0.2, 0.25) is 5.02 Å². The molecule has 0 spiro atoms. The third kappa shape index (κ3) is 5.21. The lowest BCUT2D eigenvalue weighted by Crippen LogP contribution is -2.27. The molecule has 0 unspecified atom stereocenters. The molecule has 3 aromatic rings. The second-order valence-corrected chi connectivity index (χ2v) is 8.57. The molecule has 2 amide bonds. The largest absolute Gasteiger partial charge is 0.493 e. The van der Waals surface area contributed by atoms with Gasteiger partial charge in [0.1, 0.15) is 12.4 Å². The van der Waals surface area contributed by atoms with Gasteiger partial charge in [-0.15, -0.1) is 0 Å². The number of carbonyl (C=O) groups is 2.